The topological polar surface area (TPSA) is 58.6 Å². The molecule has 4 heteroatoms. The molecule has 0 saturated heterocycles. The summed E-state index contributed by atoms with van der Waals surface area (Å²) in [6.45, 7) is 9.26. The third kappa shape index (κ3) is 7.67. The van der Waals surface area contributed by atoms with Crippen molar-refractivity contribution in [3.05, 3.63) is 0 Å². The lowest BCUT2D eigenvalue weighted by Gasteiger charge is -2.28. The predicted molar refractivity (Wildman–Crippen MR) is 73.9 cm³/mol. The Morgan fingerprint density at radius 3 is 2.39 bits per heavy atom. The molecule has 0 radical (unpaired) electrons. The predicted octanol–water partition coefficient (Wildman–Crippen LogP) is 2.81. The van der Waals surface area contributed by atoms with Gasteiger partial charge in [-0.2, -0.15) is 0 Å². The van der Waals surface area contributed by atoms with Crippen LogP contribution in [0.3, 0.4) is 0 Å². The Balaban J connectivity index is 3.81. The molecule has 0 aromatic rings. The number of unbranched alkanes of at least 4 members (excludes halogenated alkanes) is 2. The Morgan fingerprint density at radius 1 is 1.28 bits per heavy atom. The molecule has 0 amide bonds. The van der Waals surface area contributed by atoms with Crippen LogP contribution in [0.5, 0.6) is 0 Å². The molecular formula is C14H29NO3. The van der Waals surface area contributed by atoms with Gasteiger partial charge in [-0.1, -0.05) is 19.8 Å². The molecular weight excluding hydrogens is 230 g/mol. The number of carboxylic acid groups (broad SMARTS) is 1. The minimum Gasteiger partial charge on any atom is -0.480 e. The van der Waals surface area contributed by atoms with Crippen LogP contribution in [-0.4, -0.2) is 35.9 Å². The highest BCUT2D eigenvalue weighted by Crippen LogP contribution is 2.14. The lowest BCUT2D eigenvalue weighted by Crippen LogP contribution is -2.52. The molecule has 18 heavy (non-hydrogen) atoms. The number of hydrogen-bond acceptors (Lipinski definition) is 3. The molecule has 0 spiro atoms. The van der Waals surface area contributed by atoms with E-state index in [9.17, 15) is 9.90 Å². The molecule has 0 aliphatic heterocycles. The SMILES string of the molecule is CCCCCOCCCC(C)(NC(C)C)C(=O)O. The van der Waals surface area contributed by atoms with Gasteiger partial charge in [-0.25, -0.2) is 0 Å². The van der Waals surface area contributed by atoms with E-state index in [1.165, 1.54) is 12.8 Å². The molecule has 0 heterocycles. The Labute approximate surface area is 111 Å². The number of ether oxygens (including phenoxy) is 1. The standard InChI is InChI=1S/C14H29NO3/c1-5-6-7-10-18-11-8-9-14(4,13(16)17)15-12(2)3/h12,15H,5-11H2,1-4H3,(H,16,17). The summed E-state index contributed by atoms with van der Waals surface area (Å²) in [7, 11) is 0. The van der Waals surface area contributed by atoms with E-state index in [-0.39, 0.29) is 6.04 Å². The summed E-state index contributed by atoms with van der Waals surface area (Å²) in [6, 6.07) is 0.163. The van der Waals surface area contributed by atoms with Gasteiger partial charge in [0.05, 0.1) is 0 Å². The molecule has 0 bridgehead atoms. The summed E-state index contributed by atoms with van der Waals surface area (Å²) in [5.41, 5.74) is -0.846. The van der Waals surface area contributed by atoms with E-state index in [2.05, 4.69) is 12.2 Å². The van der Waals surface area contributed by atoms with Crippen molar-refractivity contribution in [1.82, 2.24) is 5.32 Å². The maximum atomic E-state index is 11.3. The summed E-state index contributed by atoms with van der Waals surface area (Å²) in [5.74, 6) is -0.790. The van der Waals surface area contributed by atoms with Crippen molar-refractivity contribution in [3.63, 3.8) is 0 Å². The highest BCUT2D eigenvalue weighted by Gasteiger charge is 2.32. The molecule has 1 unspecified atom stereocenters. The summed E-state index contributed by atoms with van der Waals surface area (Å²) in [5, 5.41) is 12.4. The molecule has 0 aromatic carbocycles. The Hall–Kier alpha value is -0.610. The van der Waals surface area contributed by atoms with Crippen molar-refractivity contribution in [1.29, 1.82) is 0 Å². The largest absolute Gasteiger partial charge is 0.480 e. The summed E-state index contributed by atoms with van der Waals surface area (Å²) in [4.78, 5) is 11.3. The van der Waals surface area contributed by atoms with Crippen molar-refractivity contribution < 1.29 is 14.6 Å². The fourth-order valence-electron chi connectivity index (χ4n) is 1.96. The van der Waals surface area contributed by atoms with Crippen molar-refractivity contribution in [2.45, 2.75) is 71.4 Å². The Kier molecular flexibility index (Phi) is 9.02. The fraction of sp³-hybridized carbons (Fsp3) is 0.929. The van der Waals surface area contributed by atoms with Crippen molar-refractivity contribution in [2.24, 2.45) is 0 Å². The number of aliphatic carboxylic acids is 1. The molecule has 108 valence electrons. The van der Waals surface area contributed by atoms with Gasteiger partial charge in [0.1, 0.15) is 5.54 Å². The first-order valence-electron chi connectivity index (χ1n) is 7.01. The van der Waals surface area contributed by atoms with Gasteiger partial charge in [0.2, 0.25) is 0 Å². The normalized spacial score (nSPS) is 14.7. The van der Waals surface area contributed by atoms with Crippen LogP contribution in [0.2, 0.25) is 0 Å². The van der Waals surface area contributed by atoms with Gasteiger partial charge < -0.3 is 9.84 Å². The number of nitrogens with one attached hydrogen (secondary N) is 1. The van der Waals surface area contributed by atoms with Crippen LogP contribution in [0, 0.1) is 0 Å². The quantitative estimate of drug-likeness (QED) is 0.560. The van der Waals surface area contributed by atoms with E-state index in [1.54, 1.807) is 6.92 Å². The zero-order valence-corrected chi connectivity index (χ0v) is 12.3. The van der Waals surface area contributed by atoms with Gasteiger partial charge in [-0.3, -0.25) is 10.1 Å². The summed E-state index contributed by atoms with van der Waals surface area (Å²) < 4.78 is 5.50. The minimum atomic E-state index is -0.846. The second-order valence-corrected chi connectivity index (χ2v) is 5.36. The lowest BCUT2D eigenvalue weighted by molar-refractivity contribution is -0.144. The molecule has 4 nitrogen and oxygen atoms in total. The molecule has 0 aliphatic carbocycles. The van der Waals surface area contributed by atoms with Crippen molar-refractivity contribution >= 4 is 5.97 Å². The maximum absolute atomic E-state index is 11.3. The number of carbonyl (C=O) groups is 1. The smallest absolute Gasteiger partial charge is 0.323 e. The third-order valence-electron chi connectivity index (χ3n) is 2.94. The van der Waals surface area contributed by atoms with Crippen LogP contribution in [0.1, 0.15) is 59.8 Å². The fourth-order valence-corrected chi connectivity index (χ4v) is 1.96. The van der Waals surface area contributed by atoms with Gasteiger partial charge in [-0.15, -0.1) is 0 Å². The van der Waals surface area contributed by atoms with Crippen LogP contribution in [-0.2, 0) is 9.53 Å². The number of rotatable bonds is 11. The average Bonchev–Trinajstić information content (AvgIpc) is 2.26. The average molecular weight is 259 g/mol. The van der Waals surface area contributed by atoms with Gasteiger partial charge in [0.15, 0.2) is 0 Å². The second kappa shape index (κ2) is 9.34. The van der Waals surface area contributed by atoms with Crippen LogP contribution in [0.15, 0.2) is 0 Å². The maximum Gasteiger partial charge on any atom is 0.323 e. The van der Waals surface area contributed by atoms with Gasteiger partial charge in [0, 0.05) is 19.3 Å². The molecule has 2 N–H and O–H groups in total. The highest BCUT2D eigenvalue weighted by atomic mass is 16.5. The van der Waals surface area contributed by atoms with Gasteiger partial charge >= 0.3 is 5.97 Å². The first-order chi connectivity index (χ1) is 8.42. The number of carboxylic acids is 1. The molecule has 0 aromatic heterocycles. The molecule has 1 atom stereocenters. The first-order valence-corrected chi connectivity index (χ1v) is 7.01. The lowest BCUT2D eigenvalue weighted by atomic mass is 9.95. The van der Waals surface area contributed by atoms with E-state index < -0.39 is 11.5 Å². The Bertz CT molecular complexity index is 231. The molecule has 0 fully saturated rings. The summed E-state index contributed by atoms with van der Waals surface area (Å²) >= 11 is 0. The Morgan fingerprint density at radius 2 is 1.89 bits per heavy atom. The molecule has 0 rings (SSSR count). The van der Waals surface area contributed by atoms with Crippen molar-refractivity contribution in [3.8, 4) is 0 Å². The monoisotopic (exact) mass is 259 g/mol. The minimum absolute atomic E-state index is 0.163. The molecule has 0 aliphatic rings. The van der Waals surface area contributed by atoms with Crippen LogP contribution in [0.25, 0.3) is 0 Å². The van der Waals surface area contributed by atoms with Gasteiger partial charge in [-0.05, 0) is 40.0 Å². The highest BCUT2D eigenvalue weighted by molar-refractivity contribution is 5.78. The van der Waals surface area contributed by atoms with Crippen LogP contribution < -0.4 is 5.32 Å². The van der Waals surface area contributed by atoms with E-state index in [0.29, 0.717) is 13.0 Å². The van der Waals surface area contributed by atoms with E-state index >= 15 is 0 Å². The van der Waals surface area contributed by atoms with E-state index in [4.69, 9.17) is 4.74 Å². The third-order valence-corrected chi connectivity index (χ3v) is 2.94. The van der Waals surface area contributed by atoms with Crippen molar-refractivity contribution in [2.75, 3.05) is 13.2 Å². The van der Waals surface area contributed by atoms with Gasteiger partial charge in [0.25, 0.3) is 0 Å². The van der Waals surface area contributed by atoms with E-state index in [0.717, 1.165) is 19.4 Å². The van der Waals surface area contributed by atoms with Crippen LogP contribution in [0.4, 0.5) is 0 Å². The van der Waals surface area contributed by atoms with E-state index in [1.807, 2.05) is 13.8 Å². The molecule has 0 saturated carbocycles. The van der Waals surface area contributed by atoms with Crippen LogP contribution >= 0.6 is 0 Å². The first kappa shape index (κ1) is 17.4. The zero-order chi connectivity index (χ0) is 14.0. The number of hydrogen-bond donors (Lipinski definition) is 2. The summed E-state index contributed by atoms with van der Waals surface area (Å²) in [6.07, 6.45) is 4.85. The zero-order valence-electron chi connectivity index (χ0n) is 12.3. The second-order valence-electron chi connectivity index (χ2n) is 5.36.